The van der Waals surface area contributed by atoms with Gasteiger partial charge in [0.25, 0.3) is 0 Å². The van der Waals surface area contributed by atoms with Gasteiger partial charge in [0.1, 0.15) is 0 Å². The first-order valence-corrected chi connectivity index (χ1v) is 5.56. The molecular formula is C13H15N3O2. The molecule has 0 spiro atoms. The lowest BCUT2D eigenvalue weighted by Gasteiger charge is -2.11. The molecule has 2 heterocycles. The average molecular weight is 245 g/mol. The molecule has 1 N–H and O–H groups in total. The van der Waals surface area contributed by atoms with E-state index in [1.165, 1.54) is 0 Å². The van der Waals surface area contributed by atoms with Crippen molar-refractivity contribution in [2.24, 2.45) is 0 Å². The molecule has 2 aromatic heterocycles. The number of anilines is 1. The third kappa shape index (κ3) is 2.68. The molecule has 94 valence electrons. The SMILES string of the molecule is COc1cccnc1NCc1cccnc1OC. The van der Waals surface area contributed by atoms with E-state index in [1.807, 2.05) is 24.3 Å². The van der Waals surface area contributed by atoms with Crippen LogP contribution in [0.2, 0.25) is 0 Å². The van der Waals surface area contributed by atoms with E-state index in [4.69, 9.17) is 9.47 Å². The van der Waals surface area contributed by atoms with Crippen LogP contribution in [0.1, 0.15) is 5.56 Å². The summed E-state index contributed by atoms with van der Waals surface area (Å²) in [6.45, 7) is 0.574. The first-order valence-electron chi connectivity index (χ1n) is 5.56. The monoisotopic (exact) mass is 245 g/mol. The molecule has 0 aliphatic heterocycles. The highest BCUT2D eigenvalue weighted by Gasteiger charge is 2.06. The highest BCUT2D eigenvalue weighted by Crippen LogP contribution is 2.22. The normalized spacial score (nSPS) is 9.89. The number of hydrogen-bond acceptors (Lipinski definition) is 5. The van der Waals surface area contributed by atoms with Crippen LogP contribution >= 0.6 is 0 Å². The molecule has 0 aliphatic rings. The smallest absolute Gasteiger partial charge is 0.218 e. The van der Waals surface area contributed by atoms with Gasteiger partial charge in [-0.05, 0) is 18.2 Å². The van der Waals surface area contributed by atoms with Crippen LogP contribution < -0.4 is 14.8 Å². The maximum absolute atomic E-state index is 5.22. The molecule has 0 saturated carbocycles. The minimum atomic E-state index is 0.574. The summed E-state index contributed by atoms with van der Waals surface area (Å²) in [5, 5.41) is 3.20. The van der Waals surface area contributed by atoms with Crippen molar-refractivity contribution in [2.75, 3.05) is 19.5 Å². The molecule has 5 heteroatoms. The Morgan fingerprint density at radius 3 is 2.61 bits per heavy atom. The van der Waals surface area contributed by atoms with Crippen LogP contribution in [0.15, 0.2) is 36.7 Å². The van der Waals surface area contributed by atoms with Crippen molar-refractivity contribution in [3.05, 3.63) is 42.2 Å². The Bertz CT molecular complexity index is 470. The first kappa shape index (κ1) is 12.2. The van der Waals surface area contributed by atoms with Crippen molar-refractivity contribution >= 4 is 5.82 Å². The van der Waals surface area contributed by atoms with Crippen LogP contribution in [-0.4, -0.2) is 24.2 Å². The van der Waals surface area contributed by atoms with E-state index in [-0.39, 0.29) is 0 Å². The van der Waals surface area contributed by atoms with Crippen molar-refractivity contribution in [2.45, 2.75) is 6.54 Å². The summed E-state index contributed by atoms with van der Waals surface area (Å²) in [6, 6.07) is 7.51. The van der Waals surface area contributed by atoms with E-state index >= 15 is 0 Å². The van der Waals surface area contributed by atoms with Gasteiger partial charge in [-0.1, -0.05) is 6.07 Å². The maximum atomic E-state index is 5.22. The zero-order chi connectivity index (χ0) is 12.8. The second kappa shape index (κ2) is 5.86. The average Bonchev–Trinajstić information content (AvgIpc) is 2.45. The fourth-order valence-electron chi connectivity index (χ4n) is 1.61. The third-order valence-electron chi connectivity index (χ3n) is 2.48. The molecule has 0 fully saturated rings. The summed E-state index contributed by atoms with van der Waals surface area (Å²) < 4.78 is 10.4. The number of methoxy groups -OCH3 is 2. The number of aromatic nitrogens is 2. The van der Waals surface area contributed by atoms with Gasteiger partial charge in [0.2, 0.25) is 5.88 Å². The Morgan fingerprint density at radius 1 is 1.06 bits per heavy atom. The highest BCUT2D eigenvalue weighted by molar-refractivity contribution is 5.50. The van der Waals surface area contributed by atoms with Gasteiger partial charge in [0.05, 0.1) is 14.2 Å². The van der Waals surface area contributed by atoms with Crippen LogP contribution in [0.5, 0.6) is 11.6 Å². The molecule has 5 nitrogen and oxygen atoms in total. The van der Waals surface area contributed by atoms with E-state index in [1.54, 1.807) is 26.6 Å². The van der Waals surface area contributed by atoms with Crippen LogP contribution in [0.25, 0.3) is 0 Å². The quantitative estimate of drug-likeness (QED) is 0.874. The van der Waals surface area contributed by atoms with Crippen molar-refractivity contribution in [3.63, 3.8) is 0 Å². The summed E-state index contributed by atoms with van der Waals surface area (Å²) in [4.78, 5) is 8.36. The largest absolute Gasteiger partial charge is 0.493 e. The molecule has 0 atom stereocenters. The van der Waals surface area contributed by atoms with Crippen molar-refractivity contribution in [1.29, 1.82) is 0 Å². The van der Waals surface area contributed by atoms with Crippen molar-refractivity contribution in [3.8, 4) is 11.6 Å². The fraction of sp³-hybridized carbons (Fsp3) is 0.231. The minimum absolute atomic E-state index is 0.574. The van der Waals surface area contributed by atoms with Crippen LogP contribution in [0.4, 0.5) is 5.82 Å². The van der Waals surface area contributed by atoms with Crippen molar-refractivity contribution in [1.82, 2.24) is 9.97 Å². The second-order valence-electron chi connectivity index (χ2n) is 3.58. The Labute approximate surface area is 106 Å². The molecule has 0 unspecified atom stereocenters. The third-order valence-corrected chi connectivity index (χ3v) is 2.48. The Hall–Kier alpha value is -2.30. The lowest BCUT2D eigenvalue weighted by molar-refractivity contribution is 0.393. The van der Waals surface area contributed by atoms with Crippen LogP contribution in [0, 0.1) is 0 Å². The predicted molar refractivity (Wildman–Crippen MR) is 68.9 cm³/mol. The zero-order valence-corrected chi connectivity index (χ0v) is 10.4. The number of rotatable bonds is 5. The topological polar surface area (TPSA) is 56.3 Å². The Balaban J connectivity index is 2.11. The molecule has 18 heavy (non-hydrogen) atoms. The summed E-state index contributed by atoms with van der Waals surface area (Å²) >= 11 is 0. The molecular weight excluding hydrogens is 230 g/mol. The van der Waals surface area contributed by atoms with Gasteiger partial charge in [-0.3, -0.25) is 0 Å². The molecule has 0 saturated heterocycles. The predicted octanol–water partition coefficient (Wildman–Crippen LogP) is 2.11. The minimum Gasteiger partial charge on any atom is -0.493 e. The van der Waals surface area contributed by atoms with Crippen LogP contribution in [-0.2, 0) is 6.54 Å². The summed E-state index contributed by atoms with van der Waals surface area (Å²) in [7, 11) is 3.22. The van der Waals surface area contributed by atoms with E-state index in [0.29, 0.717) is 24.0 Å². The highest BCUT2D eigenvalue weighted by atomic mass is 16.5. The Morgan fingerprint density at radius 2 is 1.83 bits per heavy atom. The summed E-state index contributed by atoms with van der Waals surface area (Å²) in [6.07, 6.45) is 3.41. The molecule has 0 bridgehead atoms. The second-order valence-corrected chi connectivity index (χ2v) is 3.58. The van der Waals surface area contributed by atoms with Gasteiger partial charge in [0, 0.05) is 24.5 Å². The van der Waals surface area contributed by atoms with E-state index in [0.717, 1.165) is 5.56 Å². The lowest BCUT2D eigenvalue weighted by atomic mass is 10.2. The first-order chi connectivity index (χ1) is 8.85. The number of nitrogens with zero attached hydrogens (tertiary/aromatic N) is 2. The molecule has 0 amide bonds. The van der Waals surface area contributed by atoms with Gasteiger partial charge in [-0.25, -0.2) is 9.97 Å². The number of pyridine rings is 2. The van der Waals surface area contributed by atoms with E-state index in [9.17, 15) is 0 Å². The van der Waals surface area contributed by atoms with Gasteiger partial charge < -0.3 is 14.8 Å². The summed E-state index contributed by atoms with van der Waals surface area (Å²) in [5.74, 6) is 2.02. The maximum Gasteiger partial charge on any atom is 0.218 e. The van der Waals surface area contributed by atoms with Gasteiger partial charge >= 0.3 is 0 Å². The molecule has 2 aromatic rings. The number of ether oxygens (including phenoxy) is 2. The van der Waals surface area contributed by atoms with Gasteiger partial charge in [-0.2, -0.15) is 0 Å². The molecule has 2 rings (SSSR count). The molecule has 0 aromatic carbocycles. The number of nitrogens with one attached hydrogen (secondary N) is 1. The Kier molecular flexibility index (Phi) is 3.96. The van der Waals surface area contributed by atoms with Gasteiger partial charge in [0.15, 0.2) is 11.6 Å². The summed E-state index contributed by atoms with van der Waals surface area (Å²) in [5.41, 5.74) is 0.965. The molecule has 0 aliphatic carbocycles. The lowest BCUT2D eigenvalue weighted by Crippen LogP contribution is -2.05. The number of hydrogen-bond donors (Lipinski definition) is 1. The standard InChI is InChI=1S/C13H15N3O2/c1-17-11-6-4-7-14-12(11)16-9-10-5-3-8-15-13(10)18-2/h3-8H,9H2,1-2H3,(H,14,16). The zero-order valence-electron chi connectivity index (χ0n) is 10.4. The van der Waals surface area contributed by atoms with E-state index in [2.05, 4.69) is 15.3 Å². The molecule has 0 radical (unpaired) electrons. The van der Waals surface area contributed by atoms with E-state index < -0.39 is 0 Å². The van der Waals surface area contributed by atoms with Crippen LogP contribution in [0.3, 0.4) is 0 Å². The van der Waals surface area contributed by atoms with Crippen molar-refractivity contribution < 1.29 is 9.47 Å². The van der Waals surface area contributed by atoms with Gasteiger partial charge in [-0.15, -0.1) is 0 Å². The fourth-order valence-corrected chi connectivity index (χ4v) is 1.61.